The lowest BCUT2D eigenvalue weighted by molar-refractivity contribution is -1.02. The van der Waals surface area contributed by atoms with E-state index in [9.17, 15) is 4.79 Å². The van der Waals surface area contributed by atoms with Crippen molar-refractivity contribution in [3.63, 3.8) is 0 Å². The molecule has 1 atom stereocenters. The minimum atomic E-state index is -0.334. The molecule has 1 aromatic carbocycles. The first-order valence-corrected chi connectivity index (χ1v) is 8.78. The van der Waals surface area contributed by atoms with Crippen LogP contribution in [0.1, 0.15) is 37.9 Å². The van der Waals surface area contributed by atoms with Crippen LogP contribution in [-0.2, 0) is 4.79 Å². The van der Waals surface area contributed by atoms with Gasteiger partial charge < -0.3 is 15.1 Å². The molecule has 1 fully saturated rings. The number of hydrogen-bond acceptors (Lipinski definition) is 1. The number of benzene rings is 1. The normalized spacial score (nSPS) is 23.3. The Morgan fingerprint density at radius 2 is 1.70 bits per heavy atom. The van der Waals surface area contributed by atoms with E-state index < -0.39 is 0 Å². The van der Waals surface area contributed by atoms with E-state index >= 15 is 0 Å². The monoisotopic (exact) mass is 319 g/mol. The molecular formula is C19H33N3O+2. The van der Waals surface area contributed by atoms with Crippen molar-refractivity contribution in [1.29, 1.82) is 0 Å². The van der Waals surface area contributed by atoms with Crippen molar-refractivity contribution in [2.24, 2.45) is 5.41 Å². The number of hydrogen-bond donors (Lipinski definition) is 3. The van der Waals surface area contributed by atoms with Gasteiger partial charge >= 0.3 is 0 Å². The largest absolute Gasteiger partial charge is 0.349 e. The summed E-state index contributed by atoms with van der Waals surface area (Å²) in [5.41, 5.74) is 2.28. The molecule has 1 saturated heterocycles. The second kappa shape index (κ2) is 7.45. The lowest BCUT2D eigenvalue weighted by atomic mass is 9.95. The zero-order valence-electron chi connectivity index (χ0n) is 15.3. The quantitative estimate of drug-likeness (QED) is 0.695. The highest BCUT2D eigenvalue weighted by atomic mass is 16.2. The van der Waals surface area contributed by atoms with E-state index in [0.29, 0.717) is 12.6 Å². The Labute approximate surface area is 140 Å². The number of piperazine rings is 1. The molecule has 2 rings (SSSR count). The molecule has 4 nitrogen and oxygen atoms in total. The third-order valence-corrected chi connectivity index (χ3v) is 4.87. The highest BCUT2D eigenvalue weighted by molar-refractivity contribution is 5.81. The van der Waals surface area contributed by atoms with Crippen molar-refractivity contribution >= 4 is 5.91 Å². The standard InChI is InChI=1S/C19H31N3O/c1-15-6-8-16(9-7-15)17(14-20-18(23)19(2,3)4)22-12-10-21(5)11-13-22/h6-9,17H,10-14H2,1-5H3,(H,20,23)/p+2/t17-/m0/s1. The van der Waals surface area contributed by atoms with Crippen LogP contribution in [0.4, 0.5) is 0 Å². The van der Waals surface area contributed by atoms with Crippen LogP contribution in [0.25, 0.3) is 0 Å². The number of rotatable bonds is 4. The second-order valence-corrected chi connectivity index (χ2v) is 8.04. The summed E-state index contributed by atoms with van der Waals surface area (Å²) < 4.78 is 0. The Morgan fingerprint density at radius 1 is 1.13 bits per heavy atom. The summed E-state index contributed by atoms with van der Waals surface area (Å²) in [6.07, 6.45) is 0. The van der Waals surface area contributed by atoms with Crippen molar-refractivity contribution in [1.82, 2.24) is 5.32 Å². The van der Waals surface area contributed by atoms with Gasteiger partial charge in [-0.2, -0.15) is 0 Å². The minimum absolute atomic E-state index is 0.133. The van der Waals surface area contributed by atoms with Crippen molar-refractivity contribution in [3.8, 4) is 0 Å². The van der Waals surface area contributed by atoms with Gasteiger partial charge in [0.1, 0.15) is 32.2 Å². The molecule has 1 amide bonds. The Hall–Kier alpha value is -1.39. The smallest absolute Gasteiger partial charge is 0.225 e. The Balaban J connectivity index is 2.11. The first kappa shape index (κ1) is 18.0. The summed E-state index contributed by atoms with van der Waals surface area (Å²) >= 11 is 0. The fraction of sp³-hybridized carbons (Fsp3) is 0.632. The molecule has 1 aliphatic rings. The predicted octanol–water partition coefficient (Wildman–Crippen LogP) is -0.388. The summed E-state index contributed by atoms with van der Waals surface area (Å²) in [6, 6.07) is 9.14. The number of likely N-dealkylation sites (N-methyl/N-ethyl adjacent to an activating group) is 1. The van der Waals surface area contributed by atoms with E-state index in [1.165, 1.54) is 24.2 Å². The van der Waals surface area contributed by atoms with Gasteiger partial charge in [0, 0.05) is 11.0 Å². The zero-order valence-corrected chi connectivity index (χ0v) is 15.3. The third-order valence-electron chi connectivity index (χ3n) is 4.87. The minimum Gasteiger partial charge on any atom is -0.349 e. The Morgan fingerprint density at radius 3 is 2.22 bits per heavy atom. The van der Waals surface area contributed by atoms with E-state index in [1.54, 1.807) is 9.80 Å². The molecule has 0 aliphatic carbocycles. The molecule has 4 heteroatoms. The lowest BCUT2D eigenvalue weighted by Gasteiger charge is -2.34. The summed E-state index contributed by atoms with van der Waals surface area (Å²) in [7, 11) is 2.26. The van der Waals surface area contributed by atoms with Crippen LogP contribution in [0.15, 0.2) is 24.3 Å². The number of carbonyl (C=O) groups excluding carboxylic acids is 1. The Bertz CT molecular complexity index is 510. The summed E-state index contributed by atoms with van der Waals surface area (Å²) in [5.74, 6) is 0.133. The first-order chi connectivity index (χ1) is 10.8. The number of amides is 1. The van der Waals surface area contributed by atoms with E-state index in [2.05, 4.69) is 43.6 Å². The van der Waals surface area contributed by atoms with Crippen LogP contribution >= 0.6 is 0 Å². The topological polar surface area (TPSA) is 38.0 Å². The van der Waals surface area contributed by atoms with Gasteiger partial charge in [0.2, 0.25) is 5.91 Å². The van der Waals surface area contributed by atoms with Crippen LogP contribution in [0.3, 0.4) is 0 Å². The number of quaternary nitrogens is 2. The van der Waals surface area contributed by atoms with Crippen molar-refractivity contribution in [2.45, 2.75) is 33.7 Å². The molecule has 3 N–H and O–H groups in total. The van der Waals surface area contributed by atoms with E-state index in [0.717, 1.165) is 13.1 Å². The highest BCUT2D eigenvalue weighted by Gasteiger charge is 2.31. The maximum absolute atomic E-state index is 12.3. The molecule has 0 bridgehead atoms. The maximum atomic E-state index is 12.3. The maximum Gasteiger partial charge on any atom is 0.225 e. The summed E-state index contributed by atoms with van der Waals surface area (Å²) in [5, 5.41) is 3.18. The van der Waals surface area contributed by atoms with E-state index in [1.807, 2.05) is 20.8 Å². The fourth-order valence-electron chi connectivity index (χ4n) is 3.10. The first-order valence-electron chi connectivity index (χ1n) is 8.78. The Kier molecular flexibility index (Phi) is 5.82. The molecular weight excluding hydrogens is 286 g/mol. The average molecular weight is 319 g/mol. The molecule has 0 radical (unpaired) electrons. The molecule has 1 heterocycles. The van der Waals surface area contributed by atoms with Gasteiger partial charge in [0.05, 0.1) is 13.6 Å². The van der Waals surface area contributed by atoms with E-state index in [-0.39, 0.29) is 11.3 Å². The van der Waals surface area contributed by atoms with Gasteiger partial charge in [-0.25, -0.2) is 0 Å². The van der Waals surface area contributed by atoms with E-state index in [4.69, 9.17) is 0 Å². The van der Waals surface area contributed by atoms with Crippen LogP contribution in [0.2, 0.25) is 0 Å². The van der Waals surface area contributed by atoms with Crippen molar-refractivity contribution in [3.05, 3.63) is 35.4 Å². The van der Waals surface area contributed by atoms with Gasteiger partial charge in [-0.15, -0.1) is 0 Å². The van der Waals surface area contributed by atoms with Crippen LogP contribution < -0.4 is 15.1 Å². The molecule has 128 valence electrons. The van der Waals surface area contributed by atoms with Gasteiger partial charge in [0.15, 0.2) is 0 Å². The number of carbonyl (C=O) groups is 1. The molecule has 0 unspecified atom stereocenters. The molecule has 23 heavy (non-hydrogen) atoms. The molecule has 0 saturated carbocycles. The highest BCUT2D eigenvalue weighted by Crippen LogP contribution is 2.14. The number of nitrogens with one attached hydrogen (secondary N) is 3. The lowest BCUT2D eigenvalue weighted by Crippen LogP contribution is -3.27. The van der Waals surface area contributed by atoms with Gasteiger partial charge in [-0.1, -0.05) is 50.6 Å². The molecule has 0 spiro atoms. The fourth-order valence-corrected chi connectivity index (χ4v) is 3.10. The molecule has 1 aliphatic heterocycles. The SMILES string of the molecule is Cc1ccc([C@H](CNC(=O)C(C)(C)C)[NH+]2CC[NH+](C)CC2)cc1. The van der Waals surface area contributed by atoms with Gasteiger partial charge in [0.25, 0.3) is 0 Å². The van der Waals surface area contributed by atoms with Crippen LogP contribution in [0.5, 0.6) is 0 Å². The molecule has 0 aromatic heterocycles. The van der Waals surface area contributed by atoms with Gasteiger partial charge in [-0.05, 0) is 6.92 Å². The van der Waals surface area contributed by atoms with Crippen LogP contribution in [0, 0.1) is 12.3 Å². The molecule has 1 aromatic rings. The summed E-state index contributed by atoms with van der Waals surface area (Å²) in [4.78, 5) is 15.5. The summed E-state index contributed by atoms with van der Waals surface area (Å²) in [6.45, 7) is 13.5. The number of aryl methyl sites for hydroxylation is 1. The third kappa shape index (κ3) is 5.05. The van der Waals surface area contributed by atoms with Crippen molar-refractivity contribution in [2.75, 3.05) is 39.8 Å². The average Bonchev–Trinajstić information content (AvgIpc) is 2.49. The second-order valence-electron chi connectivity index (χ2n) is 8.04. The zero-order chi connectivity index (χ0) is 17.0. The predicted molar refractivity (Wildman–Crippen MR) is 93.7 cm³/mol. The van der Waals surface area contributed by atoms with Crippen LogP contribution in [-0.4, -0.2) is 45.7 Å². The van der Waals surface area contributed by atoms with Crippen molar-refractivity contribution < 1.29 is 14.6 Å². The van der Waals surface area contributed by atoms with Gasteiger partial charge in [-0.3, -0.25) is 4.79 Å².